The quantitative estimate of drug-likeness (QED) is 0.400. The number of carbonyl (C=O) groups is 1. The van der Waals surface area contributed by atoms with E-state index in [0.29, 0.717) is 5.69 Å². The molecule has 9 nitrogen and oxygen atoms in total. The SMILES string of the molecule is O=C(OCc1ccccn1)c1ccc(-n2cncn2)c([N+](=O)[O-])c1. The van der Waals surface area contributed by atoms with E-state index in [2.05, 4.69) is 15.1 Å². The Morgan fingerprint density at radius 3 is 2.83 bits per heavy atom. The molecule has 3 rings (SSSR count). The molecule has 0 unspecified atom stereocenters. The van der Waals surface area contributed by atoms with E-state index in [1.54, 1.807) is 24.4 Å². The number of nitro benzene ring substituents is 1. The van der Waals surface area contributed by atoms with Crippen molar-refractivity contribution in [1.82, 2.24) is 19.7 Å². The fourth-order valence-corrected chi connectivity index (χ4v) is 2.03. The summed E-state index contributed by atoms with van der Waals surface area (Å²) in [5.74, 6) is -0.672. The summed E-state index contributed by atoms with van der Waals surface area (Å²) in [6.45, 7) is -0.0156. The van der Waals surface area contributed by atoms with E-state index in [1.807, 2.05) is 0 Å². The molecule has 0 spiro atoms. The van der Waals surface area contributed by atoms with Crippen LogP contribution >= 0.6 is 0 Å². The summed E-state index contributed by atoms with van der Waals surface area (Å²) in [7, 11) is 0. The van der Waals surface area contributed by atoms with Crippen molar-refractivity contribution in [3.05, 3.63) is 76.6 Å². The zero-order valence-corrected chi connectivity index (χ0v) is 12.3. The Morgan fingerprint density at radius 1 is 1.29 bits per heavy atom. The summed E-state index contributed by atoms with van der Waals surface area (Å²) in [5, 5.41) is 15.1. The van der Waals surface area contributed by atoms with E-state index >= 15 is 0 Å². The molecule has 0 aliphatic carbocycles. The Balaban J connectivity index is 1.82. The van der Waals surface area contributed by atoms with Crippen LogP contribution in [0.15, 0.2) is 55.2 Å². The van der Waals surface area contributed by atoms with Crippen molar-refractivity contribution in [2.45, 2.75) is 6.61 Å². The van der Waals surface area contributed by atoms with Crippen LogP contribution in [0.25, 0.3) is 5.69 Å². The highest BCUT2D eigenvalue weighted by atomic mass is 16.6. The molecule has 0 amide bonds. The van der Waals surface area contributed by atoms with E-state index in [9.17, 15) is 14.9 Å². The lowest BCUT2D eigenvalue weighted by Gasteiger charge is -2.06. The molecule has 0 N–H and O–H groups in total. The van der Waals surface area contributed by atoms with Gasteiger partial charge in [-0.2, -0.15) is 5.10 Å². The summed E-state index contributed by atoms with van der Waals surface area (Å²) in [6.07, 6.45) is 4.18. The highest BCUT2D eigenvalue weighted by molar-refractivity contribution is 5.90. The number of esters is 1. The van der Waals surface area contributed by atoms with E-state index in [1.165, 1.54) is 29.5 Å². The van der Waals surface area contributed by atoms with E-state index in [0.717, 1.165) is 6.07 Å². The maximum Gasteiger partial charge on any atom is 0.338 e. The van der Waals surface area contributed by atoms with Gasteiger partial charge in [0.15, 0.2) is 0 Å². The smallest absolute Gasteiger partial charge is 0.338 e. The van der Waals surface area contributed by atoms with Gasteiger partial charge in [0.2, 0.25) is 0 Å². The third-order valence-corrected chi connectivity index (χ3v) is 3.15. The van der Waals surface area contributed by atoms with Crippen molar-refractivity contribution in [2.75, 3.05) is 0 Å². The summed E-state index contributed by atoms with van der Waals surface area (Å²) in [5.41, 5.74) is 0.590. The van der Waals surface area contributed by atoms with Gasteiger partial charge in [-0.25, -0.2) is 14.5 Å². The molecule has 0 aliphatic rings. The number of hydrogen-bond donors (Lipinski definition) is 0. The standard InChI is InChI=1S/C15H11N5O4/c21-15(24-8-12-3-1-2-6-17-12)11-4-5-13(14(7-11)20(22)23)19-10-16-9-18-19/h1-7,9-10H,8H2. The number of rotatable bonds is 5. The van der Waals surface area contributed by atoms with E-state index < -0.39 is 10.9 Å². The predicted octanol–water partition coefficient (Wildman–Crippen LogP) is 1.93. The Hall–Kier alpha value is -3.62. The van der Waals surface area contributed by atoms with E-state index in [4.69, 9.17) is 4.74 Å². The zero-order valence-electron chi connectivity index (χ0n) is 12.3. The molecule has 0 fully saturated rings. The zero-order chi connectivity index (χ0) is 16.9. The van der Waals surface area contributed by atoms with Gasteiger partial charge in [0.1, 0.15) is 24.9 Å². The fourth-order valence-electron chi connectivity index (χ4n) is 2.03. The van der Waals surface area contributed by atoms with Crippen molar-refractivity contribution in [1.29, 1.82) is 0 Å². The van der Waals surface area contributed by atoms with E-state index in [-0.39, 0.29) is 23.5 Å². The van der Waals surface area contributed by atoms with Gasteiger partial charge in [0, 0.05) is 12.3 Å². The van der Waals surface area contributed by atoms with Crippen LogP contribution in [-0.2, 0) is 11.3 Å². The molecule has 0 radical (unpaired) electrons. The minimum atomic E-state index is -0.672. The Labute approximate surface area is 135 Å². The molecule has 24 heavy (non-hydrogen) atoms. The molecule has 3 aromatic rings. The van der Waals surface area contributed by atoms with Crippen LogP contribution in [-0.4, -0.2) is 30.6 Å². The van der Waals surface area contributed by atoms with Crippen molar-refractivity contribution in [3.63, 3.8) is 0 Å². The first-order valence-electron chi connectivity index (χ1n) is 6.85. The summed E-state index contributed by atoms with van der Waals surface area (Å²) in [4.78, 5) is 30.5. The number of nitro groups is 1. The van der Waals surface area contributed by atoms with Crippen molar-refractivity contribution < 1.29 is 14.5 Å². The molecule has 0 aliphatic heterocycles. The second kappa shape index (κ2) is 6.65. The number of ether oxygens (including phenoxy) is 1. The number of nitrogens with zero attached hydrogens (tertiary/aromatic N) is 5. The van der Waals surface area contributed by atoms with Gasteiger partial charge in [-0.3, -0.25) is 15.1 Å². The van der Waals surface area contributed by atoms with Gasteiger partial charge in [0.25, 0.3) is 5.69 Å². The number of benzene rings is 1. The molecule has 1 aromatic carbocycles. The van der Waals surface area contributed by atoms with Gasteiger partial charge in [-0.1, -0.05) is 6.07 Å². The molecule has 2 aromatic heterocycles. The molecule has 120 valence electrons. The van der Waals surface area contributed by atoms with Crippen LogP contribution in [0.4, 0.5) is 5.69 Å². The fraction of sp³-hybridized carbons (Fsp3) is 0.0667. The Bertz CT molecular complexity index is 865. The normalized spacial score (nSPS) is 10.3. The first-order chi connectivity index (χ1) is 11.6. The van der Waals surface area contributed by atoms with Gasteiger partial charge >= 0.3 is 5.97 Å². The van der Waals surface area contributed by atoms with Crippen molar-refractivity contribution in [2.24, 2.45) is 0 Å². The maximum absolute atomic E-state index is 12.1. The first-order valence-corrected chi connectivity index (χ1v) is 6.85. The Morgan fingerprint density at radius 2 is 2.17 bits per heavy atom. The number of hydrogen-bond acceptors (Lipinski definition) is 7. The lowest BCUT2D eigenvalue weighted by atomic mass is 10.1. The molecular formula is C15H11N5O4. The van der Waals surface area contributed by atoms with Gasteiger partial charge < -0.3 is 4.74 Å². The summed E-state index contributed by atoms with van der Waals surface area (Å²) < 4.78 is 6.37. The molecule has 0 saturated carbocycles. The number of aromatic nitrogens is 4. The van der Waals surface area contributed by atoms with Gasteiger partial charge in [-0.15, -0.1) is 0 Å². The van der Waals surface area contributed by atoms with Crippen molar-refractivity contribution >= 4 is 11.7 Å². The second-order valence-electron chi connectivity index (χ2n) is 4.70. The molecule has 0 bridgehead atoms. The maximum atomic E-state index is 12.1. The average Bonchev–Trinajstić information content (AvgIpc) is 3.14. The highest BCUT2D eigenvalue weighted by Crippen LogP contribution is 2.24. The summed E-state index contributed by atoms with van der Waals surface area (Å²) >= 11 is 0. The predicted molar refractivity (Wildman–Crippen MR) is 81.4 cm³/mol. The Kier molecular flexibility index (Phi) is 4.23. The third-order valence-electron chi connectivity index (χ3n) is 3.15. The monoisotopic (exact) mass is 325 g/mol. The van der Waals surface area contributed by atoms with Crippen LogP contribution in [0.5, 0.6) is 0 Å². The minimum Gasteiger partial charge on any atom is -0.456 e. The molecular weight excluding hydrogens is 314 g/mol. The minimum absolute atomic E-state index is 0.0156. The second-order valence-corrected chi connectivity index (χ2v) is 4.70. The van der Waals surface area contributed by atoms with Gasteiger partial charge in [0.05, 0.1) is 16.2 Å². The lowest BCUT2D eigenvalue weighted by molar-refractivity contribution is -0.384. The van der Waals surface area contributed by atoms with Crippen LogP contribution in [0, 0.1) is 10.1 Å². The molecule has 0 saturated heterocycles. The van der Waals surface area contributed by atoms with Gasteiger partial charge in [-0.05, 0) is 24.3 Å². The van der Waals surface area contributed by atoms with Crippen LogP contribution in [0.3, 0.4) is 0 Å². The summed E-state index contributed by atoms with van der Waals surface area (Å²) in [6, 6.07) is 9.24. The number of carbonyl (C=O) groups excluding carboxylic acids is 1. The molecule has 9 heteroatoms. The van der Waals surface area contributed by atoms with Crippen LogP contribution < -0.4 is 0 Å². The molecule has 0 atom stereocenters. The largest absolute Gasteiger partial charge is 0.456 e. The molecule has 2 heterocycles. The van der Waals surface area contributed by atoms with Crippen LogP contribution in [0.1, 0.15) is 16.1 Å². The topological polar surface area (TPSA) is 113 Å². The van der Waals surface area contributed by atoms with Crippen LogP contribution in [0.2, 0.25) is 0 Å². The average molecular weight is 325 g/mol. The number of pyridine rings is 1. The first kappa shape index (κ1) is 15.3. The lowest BCUT2D eigenvalue weighted by Crippen LogP contribution is -2.08. The van der Waals surface area contributed by atoms with Crippen molar-refractivity contribution in [3.8, 4) is 5.69 Å². The highest BCUT2D eigenvalue weighted by Gasteiger charge is 2.20. The third kappa shape index (κ3) is 3.24.